The Labute approximate surface area is 191 Å². The van der Waals surface area contributed by atoms with Crippen molar-refractivity contribution >= 4 is 23.1 Å². The minimum atomic E-state index is -0.380. The molecule has 2 aliphatic rings. The van der Waals surface area contributed by atoms with Crippen molar-refractivity contribution in [3.8, 4) is 17.2 Å². The van der Waals surface area contributed by atoms with Crippen LogP contribution in [0.15, 0.2) is 78.5 Å². The van der Waals surface area contributed by atoms with Gasteiger partial charge in [-0.15, -0.1) is 0 Å². The number of hydrogen-bond donors (Lipinski definition) is 1. The Hall–Kier alpha value is -4.26. The lowest BCUT2D eigenvalue weighted by Gasteiger charge is -2.15. The largest absolute Gasteiger partial charge is 0.496 e. The predicted octanol–water partition coefficient (Wildman–Crippen LogP) is 3.86. The first-order chi connectivity index (χ1) is 16.2. The van der Waals surface area contributed by atoms with E-state index in [1.807, 2.05) is 42.5 Å². The maximum atomic E-state index is 13.5. The van der Waals surface area contributed by atoms with Gasteiger partial charge in [0.25, 0.3) is 11.8 Å². The van der Waals surface area contributed by atoms with E-state index in [1.165, 1.54) is 4.90 Å². The zero-order chi connectivity index (χ0) is 22.8. The van der Waals surface area contributed by atoms with Crippen LogP contribution in [0.4, 0.5) is 5.69 Å². The van der Waals surface area contributed by atoms with E-state index in [-0.39, 0.29) is 36.4 Å². The number of nitrogens with one attached hydrogen (secondary N) is 1. The molecule has 0 aliphatic carbocycles. The average Bonchev–Trinajstić information content (AvgIpc) is 3.40. The highest BCUT2D eigenvalue weighted by molar-refractivity contribution is 6.37. The van der Waals surface area contributed by atoms with E-state index in [0.29, 0.717) is 34.9 Å². The Balaban J connectivity index is 1.51. The van der Waals surface area contributed by atoms with E-state index in [1.54, 1.807) is 37.4 Å². The Morgan fingerprint density at radius 3 is 2.48 bits per heavy atom. The van der Waals surface area contributed by atoms with Gasteiger partial charge < -0.3 is 19.5 Å². The van der Waals surface area contributed by atoms with E-state index in [9.17, 15) is 9.59 Å². The average molecular weight is 442 g/mol. The first kappa shape index (κ1) is 20.6. The number of imide groups is 1. The molecular formula is C26H22N2O5. The molecule has 0 radical (unpaired) electrons. The number of carbonyl (C=O) groups is 2. The fourth-order valence-electron chi connectivity index (χ4n) is 4.00. The maximum absolute atomic E-state index is 13.5. The van der Waals surface area contributed by atoms with Crippen LogP contribution in [-0.2, 0) is 16.0 Å². The topological polar surface area (TPSA) is 77.1 Å². The molecule has 0 spiro atoms. The molecule has 1 N–H and O–H groups in total. The number of benzene rings is 3. The summed E-state index contributed by atoms with van der Waals surface area (Å²) in [7, 11) is 1.54. The molecular weight excluding hydrogens is 420 g/mol. The van der Waals surface area contributed by atoms with E-state index >= 15 is 0 Å². The summed E-state index contributed by atoms with van der Waals surface area (Å²) in [6, 6.07) is 22.2. The van der Waals surface area contributed by atoms with Gasteiger partial charge in [0.1, 0.15) is 11.4 Å². The van der Waals surface area contributed by atoms with Crippen LogP contribution >= 0.6 is 0 Å². The molecule has 2 aliphatic heterocycles. The summed E-state index contributed by atoms with van der Waals surface area (Å²) < 4.78 is 16.3. The fraction of sp³-hybridized carbons (Fsp3) is 0.154. The molecule has 33 heavy (non-hydrogen) atoms. The van der Waals surface area contributed by atoms with Gasteiger partial charge in [-0.2, -0.15) is 0 Å². The van der Waals surface area contributed by atoms with Crippen molar-refractivity contribution in [3.05, 3.63) is 89.6 Å². The van der Waals surface area contributed by atoms with Gasteiger partial charge >= 0.3 is 0 Å². The zero-order valence-corrected chi connectivity index (χ0v) is 18.0. The first-order valence-electron chi connectivity index (χ1n) is 10.6. The van der Waals surface area contributed by atoms with E-state index in [2.05, 4.69) is 5.32 Å². The number of para-hydroxylation sites is 1. The quantitative estimate of drug-likeness (QED) is 0.560. The normalized spacial score (nSPS) is 14.8. The third kappa shape index (κ3) is 3.89. The molecule has 0 saturated carbocycles. The van der Waals surface area contributed by atoms with E-state index in [4.69, 9.17) is 14.2 Å². The van der Waals surface area contributed by atoms with Crippen molar-refractivity contribution in [1.29, 1.82) is 0 Å². The SMILES string of the molecule is COc1ccccc1C1=C(Nc2ccc3c(c2)OCO3)C(=O)N(CCc2ccccc2)C1=O. The summed E-state index contributed by atoms with van der Waals surface area (Å²) in [6.07, 6.45) is 0.564. The van der Waals surface area contributed by atoms with Crippen molar-refractivity contribution in [2.24, 2.45) is 0 Å². The Kier molecular flexibility index (Phi) is 5.44. The monoisotopic (exact) mass is 442 g/mol. The third-order valence-corrected chi connectivity index (χ3v) is 5.65. The molecule has 166 valence electrons. The lowest BCUT2D eigenvalue weighted by atomic mass is 10.0. The number of hydrogen-bond acceptors (Lipinski definition) is 6. The summed E-state index contributed by atoms with van der Waals surface area (Å²) in [5.74, 6) is 0.997. The number of rotatable bonds is 7. The van der Waals surface area contributed by atoms with Crippen LogP contribution in [0, 0.1) is 0 Å². The van der Waals surface area contributed by atoms with Crippen molar-refractivity contribution in [3.63, 3.8) is 0 Å². The van der Waals surface area contributed by atoms with Crippen LogP contribution in [0.1, 0.15) is 11.1 Å². The van der Waals surface area contributed by atoms with Crippen molar-refractivity contribution in [2.45, 2.75) is 6.42 Å². The highest BCUT2D eigenvalue weighted by Gasteiger charge is 2.40. The summed E-state index contributed by atoms with van der Waals surface area (Å²) >= 11 is 0. The fourth-order valence-corrected chi connectivity index (χ4v) is 4.00. The van der Waals surface area contributed by atoms with Crippen molar-refractivity contribution < 1.29 is 23.8 Å². The second-order valence-corrected chi connectivity index (χ2v) is 7.64. The first-order valence-corrected chi connectivity index (χ1v) is 10.6. The molecule has 0 fully saturated rings. The van der Waals surface area contributed by atoms with Crippen LogP contribution in [-0.4, -0.2) is 37.2 Å². The predicted molar refractivity (Wildman–Crippen MR) is 123 cm³/mol. The Morgan fingerprint density at radius 1 is 0.909 bits per heavy atom. The maximum Gasteiger partial charge on any atom is 0.278 e. The van der Waals surface area contributed by atoms with Crippen LogP contribution in [0.25, 0.3) is 5.57 Å². The number of anilines is 1. The minimum absolute atomic E-state index is 0.151. The molecule has 7 heteroatoms. The summed E-state index contributed by atoms with van der Waals surface area (Å²) in [5, 5.41) is 3.16. The van der Waals surface area contributed by atoms with Gasteiger partial charge in [0, 0.05) is 23.9 Å². The highest BCUT2D eigenvalue weighted by Crippen LogP contribution is 2.38. The van der Waals surface area contributed by atoms with Gasteiger partial charge in [-0.05, 0) is 30.2 Å². The summed E-state index contributed by atoms with van der Waals surface area (Å²) in [6.45, 7) is 0.422. The van der Waals surface area contributed by atoms with Crippen LogP contribution in [0.2, 0.25) is 0 Å². The summed E-state index contributed by atoms with van der Waals surface area (Å²) in [5.41, 5.74) is 2.71. The minimum Gasteiger partial charge on any atom is -0.496 e. The van der Waals surface area contributed by atoms with Crippen molar-refractivity contribution in [2.75, 3.05) is 25.8 Å². The van der Waals surface area contributed by atoms with Crippen LogP contribution in [0.3, 0.4) is 0 Å². The van der Waals surface area contributed by atoms with Gasteiger partial charge in [0.05, 0.1) is 12.7 Å². The molecule has 0 bridgehead atoms. The smallest absolute Gasteiger partial charge is 0.278 e. The molecule has 7 nitrogen and oxygen atoms in total. The number of ether oxygens (including phenoxy) is 3. The Morgan fingerprint density at radius 2 is 1.67 bits per heavy atom. The van der Waals surface area contributed by atoms with Gasteiger partial charge in [0.2, 0.25) is 6.79 Å². The number of amides is 2. The molecule has 0 saturated heterocycles. The molecule has 3 aromatic rings. The van der Waals surface area contributed by atoms with Crippen LogP contribution < -0.4 is 19.5 Å². The lowest BCUT2D eigenvalue weighted by molar-refractivity contribution is -0.136. The third-order valence-electron chi connectivity index (χ3n) is 5.65. The van der Waals surface area contributed by atoms with Crippen molar-refractivity contribution in [1.82, 2.24) is 4.90 Å². The molecule has 0 unspecified atom stereocenters. The molecule has 5 rings (SSSR count). The molecule has 0 aromatic heterocycles. The number of fused-ring (bicyclic) bond motifs is 1. The van der Waals surface area contributed by atoms with E-state index in [0.717, 1.165) is 5.56 Å². The number of nitrogens with zero attached hydrogens (tertiary/aromatic N) is 1. The van der Waals surface area contributed by atoms with Gasteiger partial charge in [-0.3, -0.25) is 14.5 Å². The Bertz CT molecular complexity index is 1250. The lowest BCUT2D eigenvalue weighted by Crippen LogP contribution is -2.34. The van der Waals surface area contributed by atoms with E-state index < -0.39 is 0 Å². The van der Waals surface area contributed by atoms with Gasteiger partial charge in [-0.1, -0.05) is 48.5 Å². The second kappa shape index (κ2) is 8.70. The molecule has 2 amide bonds. The standard InChI is InChI=1S/C26H22N2O5/c1-31-20-10-6-5-9-19(20)23-24(27-18-11-12-21-22(15-18)33-16-32-21)26(30)28(25(23)29)14-13-17-7-3-2-4-8-17/h2-12,15,27H,13-14,16H2,1H3. The second-order valence-electron chi connectivity index (χ2n) is 7.64. The zero-order valence-electron chi connectivity index (χ0n) is 18.0. The number of carbonyl (C=O) groups excluding carboxylic acids is 2. The van der Waals surface area contributed by atoms with Gasteiger partial charge in [0.15, 0.2) is 11.5 Å². The summed E-state index contributed by atoms with van der Waals surface area (Å²) in [4.78, 5) is 28.2. The highest BCUT2D eigenvalue weighted by atomic mass is 16.7. The van der Waals surface area contributed by atoms with Crippen LogP contribution in [0.5, 0.6) is 17.2 Å². The van der Waals surface area contributed by atoms with Gasteiger partial charge in [-0.25, -0.2) is 0 Å². The molecule has 2 heterocycles. The molecule has 0 atom stereocenters. The number of methoxy groups -OCH3 is 1. The molecule has 3 aromatic carbocycles.